The minimum atomic E-state index is -0.556. The van der Waals surface area contributed by atoms with Crippen LogP contribution in [0.25, 0.3) is 0 Å². The molecule has 0 radical (unpaired) electrons. The largest absolute Gasteiger partial charge is 0.374 e. The summed E-state index contributed by atoms with van der Waals surface area (Å²) >= 11 is 0. The lowest BCUT2D eigenvalue weighted by Crippen LogP contribution is -2.04. The van der Waals surface area contributed by atoms with Crippen LogP contribution < -0.4 is 5.32 Å². The van der Waals surface area contributed by atoms with Gasteiger partial charge in [-0.2, -0.15) is 0 Å². The van der Waals surface area contributed by atoms with Gasteiger partial charge in [-0.1, -0.05) is 0 Å². The van der Waals surface area contributed by atoms with Gasteiger partial charge in [0.25, 0.3) is 5.69 Å². The first kappa shape index (κ1) is 12.0. The molecule has 0 aliphatic heterocycles. The highest BCUT2D eigenvalue weighted by molar-refractivity contribution is 5.61. The first-order valence-electron chi connectivity index (χ1n) is 5.24. The summed E-state index contributed by atoms with van der Waals surface area (Å²) in [5.41, 5.74) is 1.57. The van der Waals surface area contributed by atoms with E-state index in [1.807, 2.05) is 6.92 Å². The lowest BCUT2D eigenvalue weighted by atomic mass is 10.2. The molecule has 18 heavy (non-hydrogen) atoms. The monoisotopic (exact) mass is 250 g/mol. The average Bonchev–Trinajstić information content (AvgIpc) is 2.72. The number of benzene rings is 1. The molecule has 0 saturated carbocycles. The molecule has 0 amide bonds. The number of hydrogen-bond acceptors (Lipinski definition) is 4. The first-order valence-corrected chi connectivity index (χ1v) is 5.24. The van der Waals surface area contributed by atoms with E-state index in [1.165, 1.54) is 6.33 Å². The number of nitro groups is 1. The normalized spacial score (nSPS) is 10.3. The van der Waals surface area contributed by atoms with Crippen molar-refractivity contribution < 1.29 is 9.31 Å². The highest BCUT2D eigenvalue weighted by atomic mass is 19.1. The van der Waals surface area contributed by atoms with Crippen molar-refractivity contribution in [2.45, 2.75) is 13.5 Å². The lowest BCUT2D eigenvalue weighted by molar-refractivity contribution is -0.384. The summed E-state index contributed by atoms with van der Waals surface area (Å²) in [5, 5.41) is 13.6. The van der Waals surface area contributed by atoms with E-state index in [0.717, 1.165) is 29.6 Å². The molecule has 1 heterocycles. The quantitative estimate of drug-likeness (QED) is 0.644. The number of imidazole rings is 1. The van der Waals surface area contributed by atoms with Crippen LogP contribution in [0.1, 0.15) is 11.4 Å². The first-order chi connectivity index (χ1) is 8.58. The predicted molar refractivity (Wildman–Crippen MR) is 63.7 cm³/mol. The SMILES string of the molecule is Cc1[nH]cnc1CNc1cc(F)ccc1[N+](=O)[O-]. The highest BCUT2D eigenvalue weighted by Gasteiger charge is 2.14. The smallest absolute Gasteiger partial charge is 0.292 e. The molecule has 1 aromatic heterocycles. The van der Waals surface area contributed by atoms with E-state index in [9.17, 15) is 14.5 Å². The number of aromatic amines is 1. The Morgan fingerprint density at radius 3 is 2.94 bits per heavy atom. The van der Waals surface area contributed by atoms with E-state index in [-0.39, 0.29) is 11.4 Å². The van der Waals surface area contributed by atoms with Gasteiger partial charge < -0.3 is 10.3 Å². The second-order valence-corrected chi connectivity index (χ2v) is 3.75. The van der Waals surface area contributed by atoms with Gasteiger partial charge in [-0.3, -0.25) is 10.1 Å². The molecule has 2 N–H and O–H groups in total. The molecule has 2 rings (SSSR count). The zero-order valence-electron chi connectivity index (χ0n) is 9.61. The van der Waals surface area contributed by atoms with Crippen molar-refractivity contribution >= 4 is 11.4 Å². The van der Waals surface area contributed by atoms with Gasteiger partial charge in [-0.05, 0) is 13.0 Å². The van der Waals surface area contributed by atoms with Crippen molar-refractivity contribution in [3.63, 3.8) is 0 Å². The Morgan fingerprint density at radius 2 is 2.33 bits per heavy atom. The maximum absolute atomic E-state index is 13.1. The number of halogens is 1. The number of anilines is 1. The zero-order valence-corrected chi connectivity index (χ0v) is 9.61. The lowest BCUT2D eigenvalue weighted by Gasteiger charge is -2.06. The zero-order chi connectivity index (χ0) is 13.1. The summed E-state index contributed by atoms with van der Waals surface area (Å²) < 4.78 is 13.1. The summed E-state index contributed by atoms with van der Waals surface area (Å²) in [6.07, 6.45) is 1.53. The van der Waals surface area contributed by atoms with Crippen LogP contribution in [0.4, 0.5) is 15.8 Å². The molecule has 2 aromatic rings. The minimum Gasteiger partial charge on any atom is -0.374 e. The van der Waals surface area contributed by atoms with Crippen molar-refractivity contribution in [3.8, 4) is 0 Å². The van der Waals surface area contributed by atoms with Crippen LogP contribution in [-0.4, -0.2) is 14.9 Å². The van der Waals surface area contributed by atoms with E-state index in [0.29, 0.717) is 6.54 Å². The number of hydrogen-bond donors (Lipinski definition) is 2. The predicted octanol–water partition coefficient (Wildman–Crippen LogP) is 2.38. The third-order valence-corrected chi connectivity index (χ3v) is 2.54. The fourth-order valence-electron chi connectivity index (χ4n) is 1.55. The van der Waals surface area contributed by atoms with E-state index >= 15 is 0 Å². The Morgan fingerprint density at radius 1 is 1.56 bits per heavy atom. The van der Waals surface area contributed by atoms with Crippen LogP contribution in [0.5, 0.6) is 0 Å². The van der Waals surface area contributed by atoms with Crippen LogP contribution in [0.3, 0.4) is 0 Å². The molecule has 94 valence electrons. The van der Waals surface area contributed by atoms with E-state index in [1.54, 1.807) is 0 Å². The Bertz CT molecular complexity index is 582. The summed E-state index contributed by atoms with van der Waals surface area (Å²) in [6, 6.07) is 3.29. The standard InChI is InChI=1S/C11H11FN4O2/c1-7-10(15-6-14-7)5-13-9-4-8(12)2-3-11(9)16(17)18/h2-4,6,13H,5H2,1H3,(H,14,15). The second-order valence-electron chi connectivity index (χ2n) is 3.75. The molecular formula is C11H11FN4O2. The Balaban J connectivity index is 2.20. The van der Waals surface area contributed by atoms with E-state index in [2.05, 4.69) is 15.3 Å². The van der Waals surface area contributed by atoms with Crippen molar-refractivity contribution in [2.75, 3.05) is 5.32 Å². The number of nitrogens with zero attached hydrogens (tertiary/aromatic N) is 2. The van der Waals surface area contributed by atoms with Gasteiger partial charge in [-0.15, -0.1) is 0 Å². The van der Waals surface area contributed by atoms with Crippen molar-refractivity contribution in [1.29, 1.82) is 0 Å². The summed E-state index contributed by atoms with van der Waals surface area (Å²) in [7, 11) is 0. The van der Waals surface area contributed by atoms with Gasteiger partial charge in [0, 0.05) is 17.8 Å². The van der Waals surface area contributed by atoms with Crippen LogP contribution in [0, 0.1) is 22.9 Å². The number of nitro benzene ring substituents is 1. The van der Waals surface area contributed by atoms with Gasteiger partial charge >= 0.3 is 0 Å². The van der Waals surface area contributed by atoms with Gasteiger partial charge in [0.2, 0.25) is 0 Å². The minimum absolute atomic E-state index is 0.141. The van der Waals surface area contributed by atoms with Gasteiger partial charge in [0.15, 0.2) is 0 Å². The maximum atomic E-state index is 13.1. The molecule has 1 aromatic carbocycles. The third-order valence-electron chi connectivity index (χ3n) is 2.54. The molecule has 0 atom stereocenters. The molecule has 0 saturated heterocycles. The fourth-order valence-corrected chi connectivity index (χ4v) is 1.55. The van der Waals surface area contributed by atoms with Crippen LogP contribution in [0.15, 0.2) is 24.5 Å². The van der Waals surface area contributed by atoms with Crippen molar-refractivity contribution in [2.24, 2.45) is 0 Å². The number of aryl methyl sites for hydroxylation is 1. The molecule has 6 nitrogen and oxygen atoms in total. The summed E-state index contributed by atoms with van der Waals surface area (Å²) in [5.74, 6) is -0.526. The molecule has 0 aliphatic rings. The summed E-state index contributed by atoms with van der Waals surface area (Å²) in [4.78, 5) is 17.2. The number of aromatic nitrogens is 2. The third kappa shape index (κ3) is 2.45. The number of nitrogens with one attached hydrogen (secondary N) is 2. The van der Waals surface area contributed by atoms with Crippen molar-refractivity contribution in [3.05, 3.63) is 51.8 Å². The molecule has 0 fully saturated rings. The molecular weight excluding hydrogens is 239 g/mol. The van der Waals surface area contributed by atoms with Crippen LogP contribution in [0.2, 0.25) is 0 Å². The Labute approximate surface area is 102 Å². The molecule has 0 unspecified atom stereocenters. The molecule has 0 aliphatic carbocycles. The Hall–Kier alpha value is -2.44. The molecule has 7 heteroatoms. The number of H-pyrrole nitrogens is 1. The van der Waals surface area contributed by atoms with Crippen LogP contribution in [-0.2, 0) is 6.54 Å². The van der Waals surface area contributed by atoms with Gasteiger partial charge in [0.05, 0.1) is 23.5 Å². The van der Waals surface area contributed by atoms with E-state index < -0.39 is 10.7 Å². The highest BCUT2D eigenvalue weighted by Crippen LogP contribution is 2.25. The Kier molecular flexibility index (Phi) is 3.22. The topological polar surface area (TPSA) is 83.8 Å². The number of rotatable bonds is 4. The molecule has 0 bridgehead atoms. The van der Waals surface area contributed by atoms with Gasteiger partial charge in [-0.25, -0.2) is 9.37 Å². The molecule has 0 spiro atoms. The fraction of sp³-hybridized carbons (Fsp3) is 0.182. The summed E-state index contributed by atoms with van der Waals surface area (Å²) in [6.45, 7) is 2.13. The second kappa shape index (κ2) is 4.82. The van der Waals surface area contributed by atoms with Gasteiger partial charge in [0.1, 0.15) is 11.5 Å². The van der Waals surface area contributed by atoms with E-state index in [4.69, 9.17) is 0 Å². The van der Waals surface area contributed by atoms with Crippen molar-refractivity contribution in [1.82, 2.24) is 9.97 Å². The maximum Gasteiger partial charge on any atom is 0.292 e. The average molecular weight is 250 g/mol. The van der Waals surface area contributed by atoms with Crippen LogP contribution >= 0.6 is 0 Å².